The van der Waals surface area contributed by atoms with Crippen molar-refractivity contribution in [1.82, 2.24) is 0 Å². The maximum atomic E-state index is 12.9. The van der Waals surface area contributed by atoms with Crippen LogP contribution in [0.2, 0.25) is 0 Å². The van der Waals surface area contributed by atoms with Gasteiger partial charge < -0.3 is 27.9 Å². The summed E-state index contributed by atoms with van der Waals surface area (Å²) in [7, 11) is 1.18. The first-order valence-corrected chi connectivity index (χ1v) is 36.5. The molecule has 0 spiro atoms. The number of likely N-dealkylation sites (N-methyl/N-ethyl adjacent to an activating group) is 1. The van der Waals surface area contributed by atoms with Crippen LogP contribution in [0.25, 0.3) is 0 Å². The fourth-order valence-electron chi connectivity index (χ4n) is 10.2. The first kappa shape index (κ1) is 79.7. The lowest BCUT2D eigenvalue weighted by atomic mass is 10.0. The minimum Gasteiger partial charge on any atom is -0.756 e. The Labute approximate surface area is 508 Å². The molecule has 2 unspecified atom stereocenters. The molecule has 0 heterocycles. The summed E-state index contributed by atoms with van der Waals surface area (Å²) in [5, 5.41) is 0. The predicted octanol–water partition coefficient (Wildman–Crippen LogP) is 22.0. The van der Waals surface area contributed by atoms with Crippen molar-refractivity contribution in [2.24, 2.45) is 0 Å². The van der Waals surface area contributed by atoms with Gasteiger partial charge in [0.15, 0.2) is 6.10 Å². The summed E-state index contributed by atoms with van der Waals surface area (Å²) in [6.07, 6.45) is 83.1. The third-order valence-electron chi connectivity index (χ3n) is 15.6. The van der Waals surface area contributed by atoms with Gasteiger partial charge in [-0.15, -0.1) is 0 Å². The molecule has 0 bridgehead atoms. The van der Waals surface area contributed by atoms with Gasteiger partial charge in [-0.2, -0.15) is 0 Å². The molecular formula is C72H134NO8P. The summed E-state index contributed by atoms with van der Waals surface area (Å²) >= 11 is 0. The van der Waals surface area contributed by atoms with Gasteiger partial charge in [0.2, 0.25) is 0 Å². The Balaban J connectivity index is 3.92. The van der Waals surface area contributed by atoms with Crippen molar-refractivity contribution in [1.29, 1.82) is 0 Å². The number of allylic oxidation sites excluding steroid dienone is 10. The number of phosphoric acid groups is 1. The zero-order valence-electron chi connectivity index (χ0n) is 54.7. The van der Waals surface area contributed by atoms with Crippen molar-refractivity contribution in [2.75, 3.05) is 47.5 Å². The summed E-state index contributed by atoms with van der Waals surface area (Å²) < 4.78 is 34.3. The van der Waals surface area contributed by atoms with Gasteiger partial charge >= 0.3 is 11.9 Å². The number of quaternary nitrogens is 1. The number of phosphoric ester groups is 1. The quantitative estimate of drug-likeness (QED) is 0.0195. The Morgan fingerprint density at radius 3 is 1.04 bits per heavy atom. The van der Waals surface area contributed by atoms with Crippen LogP contribution in [0.5, 0.6) is 0 Å². The number of hydrogen-bond acceptors (Lipinski definition) is 8. The molecule has 0 fully saturated rings. The Morgan fingerprint density at radius 1 is 0.390 bits per heavy atom. The molecule has 0 aromatic carbocycles. The number of carbonyl (C=O) groups is 2. The van der Waals surface area contributed by atoms with Gasteiger partial charge in [-0.1, -0.05) is 325 Å². The molecule has 10 heteroatoms. The number of rotatable bonds is 65. The Morgan fingerprint density at radius 2 is 0.695 bits per heavy atom. The largest absolute Gasteiger partial charge is 0.756 e. The predicted molar refractivity (Wildman–Crippen MR) is 351 cm³/mol. The average Bonchev–Trinajstić information content (AvgIpc) is 3.46. The highest BCUT2D eigenvalue weighted by Gasteiger charge is 2.22. The van der Waals surface area contributed by atoms with Gasteiger partial charge in [0.1, 0.15) is 19.8 Å². The van der Waals surface area contributed by atoms with E-state index in [-0.39, 0.29) is 32.0 Å². The lowest BCUT2D eigenvalue weighted by molar-refractivity contribution is -0.870. The number of unbranched alkanes of at least 4 members (excludes halogenated alkanes) is 41. The van der Waals surface area contributed by atoms with Gasteiger partial charge in [0.05, 0.1) is 27.7 Å². The summed E-state index contributed by atoms with van der Waals surface area (Å²) in [5.41, 5.74) is 0. The molecule has 0 N–H and O–H groups in total. The number of carbonyl (C=O) groups excluding carboxylic acids is 2. The molecule has 0 aliphatic heterocycles. The molecule has 82 heavy (non-hydrogen) atoms. The van der Waals surface area contributed by atoms with Gasteiger partial charge in [-0.3, -0.25) is 14.2 Å². The van der Waals surface area contributed by atoms with Crippen LogP contribution in [0.15, 0.2) is 60.8 Å². The molecule has 9 nitrogen and oxygen atoms in total. The zero-order valence-corrected chi connectivity index (χ0v) is 55.6. The Kier molecular flexibility index (Phi) is 61.5. The van der Waals surface area contributed by atoms with E-state index in [2.05, 4.69) is 74.6 Å². The van der Waals surface area contributed by atoms with Gasteiger partial charge in [-0.05, 0) is 57.8 Å². The van der Waals surface area contributed by atoms with Crippen molar-refractivity contribution in [3.05, 3.63) is 60.8 Å². The Bertz CT molecular complexity index is 1570. The normalized spacial score (nSPS) is 13.5. The molecule has 2 atom stereocenters. The van der Waals surface area contributed by atoms with E-state index in [1.807, 2.05) is 21.1 Å². The number of nitrogens with zero attached hydrogens (tertiary/aromatic N) is 1. The highest BCUT2D eigenvalue weighted by molar-refractivity contribution is 7.45. The number of ether oxygens (including phenoxy) is 2. The van der Waals surface area contributed by atoms with Crippen LogP contribution in [-0.2, 0) is 32.7 Å². The van der Waals surface area contributed by atoms with Crippen molar-refractivity contribution in [3.63, 3.8) is 0 Å². The third-order valence-corrected chi connectivity index (χ3v) is 16.5. The summed E-state index contributed by atoms with van der Waals surface area (Å²) in [6.45, 7) is 4.19. The van der Waals surface area contributed by atoms with E-state index < -0.39 is 26.5 Å². The first-order valence-electron chi connectivity index (χ1n) is 35.0. The topological polar surface area (TPSA) is 111 Å². The molecule has 0 aromatic heterocycles. The zero-order chi connectivity index (χ0) is 59.8. The van der Waals surface area contributed by atoms with Crippen LogP contribution in [-0.4, -0.2) is 70.0 Å². The fourth-order valence-corrected chi connectivity index (χ4v) is 10.9. The summed E-state index contributed by atoms with van der Waals surface area (Å²) in [6, 6.07) is 0. The number of esters is 2. The highest BCUT2D eigenvalue weighted by atomic mass is 31.2. The molecular weight excluding hydrogens is 1040 g/mol. The molecule has 0 saturated carbocycles. The van der Waals surface area contributed by atoms with Crippen molar-refractivity contribution < 1.29 is 42.1 Å². The standard InChI is InChI=1S/C72H134NO8P/c1-6-8-10-12-14-16-18-20-22-24-26-27-28-29-30-31-32-33-34-35-36-37-38-39-40-41-42-43-44-45-47-49-51-53-55-57-59-61-63-65-72(75)81-70(69-80-82(76,77)79-67-66-73(3,4)5)68-78-71(74)64-62-60-58-56-54-52-50-48-46-25-23-21-19-17-15-13-11-9-7-2/h8,10,14,16,20,22,26-27,29-30,70H,6-7,9,11-13,15,17-19,21,23-25,28,31-69H2,1-5H3/b10-8-,16-14-,22-20-,27-26-,30-29-. The van der Waals surface area contributed by atoms with Crippen LogP contribution in [0, 0.1) is 0 Å². The van der Waals surface area contributed by atoms with Crippen LogP contribution in [0.1, 0.15) is 335 Å². The second kappa shape index (κ2) is 63.2. The van der Waals surface area contributed by atoms with Crippen LogP contribution >= 0.6 is 7.82 Å². The highest BCUT2D eigenvalue weighted by Crippen LogP contribution is 2.38. The Hall–Kier alpha value is -2.29. The second-order valence-corrected chi connectivity index (χ2v) is 26.3. The molecule has 0 amide bonds. The van der Waals surface area contributed by atoms with E-state index in [4.69, 9.17) is 18.5 Å². The molecule has 0 aliphatic carbocycles. The molecule has 0 aromatic rings. The SMILES string of the molecule is CC/C=C\C/C=C\C/C=C\C/C=C\C/C=C\CCCCCCCCCCCCCCCCCCCCCCCCCC(=O)OC(COC(=O)CCCCCCCCCCCCCCCCCCCCC)COP(=O)([O-])OCC[N+](C)(C)C. The number of hydrogen-bond donors (Lipinski definition) is 0. The van der Waals surface area contributed by atoms with Crippen molar-refractivity contribution in [3.8, 4) is 0 Å². The summed E-state index contributed by atoms with van der Waals surface area (Å²) in [4.78, 5) is 38.0. The maximum absolute atomic E-state index is 12.9. The average molecular weight is 1170 g/mol. The monoisotopic (exact) mass is 1170 g/mol. The molecule has 0 saturated heterocycles. The fraction of sp³-hybridized carbons (Fsp3) is 0.833. The molecule has 480 valence electrons. The maximum Gasteiger partial charge on any atom is 0.306 e. The lowest BCUT2D eigenvalue weighted by Crippen LogP contribution is -2.37. The van der Waals surface area contributed by atoms with E-state index >= 15 is 0 Å². The van der Waals surface area contributed by atoms with Gasteiger partial charge in [0.25, 0.3) is 7.82 Å². The molecule has 0 radical (unpaired) electrons. The van der Waals surface area contributed by atoms with E-state index in [9.17, 15) is 19.0 Å². The minimum atomic E-state index is -4.64. The smallest absolute Gasteiger partial charge is 0.306 e. The third kappa shape index (κ3) is 66.8. The van der Waals surface area contributed by atoms with Crippen molar-refractivity contribution >= 4 is 19.8 Å². The minimum absolute atomic E-state index is 0.0280. The van der Waals surface area contributed by atoms with Gasteiger partial charge in [-0.25, -0.2) is 0 Å². The van der Waals surface area contributed by atoms with Crippen LogP contribution in [0.4, 0.5) is 0 Å². The van der Waals surface area contributed by atoms with Gasteiger partial charge in [0, 0.05) is 12.8 Å². The van der Waals surface area contributed by atoms with E-state index in [0.29, 0.717) is 17.4 Å². The van der Waals surface area contributed by atoms with Crippen molar-refractivity contribution in [2.45, 2.75) is 341 Å². The van der Waals surface area contributed by atoms with E-state index in [1.165, 1.54) is 238 Å². The second-order valence-electron chi connectivity index (χ2n) is 24.9. The first-order chi connectivity index (χ1) is 40.0. The summed E-state index contributed by atoms with van der Waals surface area (Å²) in [5.74, 6) is -0.813. The van der Waals surface area contributed by atoms with E-state index in [0.717, 1.165) is 64.2 Å². The van der Waals surface area contributed by atoms with Crippen LogP contribution < -0.4 is 4.89 Å². The van der Waals surface area contributed by atoms with E-state index in [1.54, 1.807) is 0 Å². The molecule has 0 rings (SSSR count). The molecule has 0 aliphatic rings. The van der Waals surface area contributed by atoms with Crippen LogP contribution in [0.3, 0.4) is 0 Å². The lowest BCUT2D eigenvalue weighted by Gasteiger charge is -2.28.